The SMILES string of the molecule is CCCCCCCc1ccc(C#Cc2ccc3c(F)c(C4CCC(CCCC)CC4)ccc3c2)cc1. The molecule has 36 heavy (non-hydrogen) atoms. The maximum atomic E-state index is 15.5. The lowest BCUT2D eigenvalue weighted by atomic mass is 9.76. The summed E-state index contributed by atoms with van der Waals surface area (Å²) < 4.78 is 15.5. The summed E-state index contributed by atoms with van der Waals surface area (Å²) in [5, 5.41) is 1.67. The first-order valence-electron chi connectivity index (χ1n) is 14.5. The first kappa shape index (κ1) is 26.5. The van der Waals surface area contributed by atoms with Crippen molar-refractivity contribution in [2.45, 2.75) is 103 Å². The predicted molar refractivity (Wildman–Crippen MR) is 153 cm³/mol. The molecule has 3 aromatic rings. The van der Waals surface area contributed by atoms with Gasteiger partial charge >= 0.3 is 0 Å². The Hall–Kier alpha value is -2.59. The number of halogens is 1. The van der Waals surface area contributed by atoms with E-state index in [9.17, 15) is 0 Å². The summed E-state index contributed by atoms with van der Waals surface area (Å²) in [6, 6.07) is 18.7. The number of hydrogen-bond acceptors (Lipinski definition) is 0. The molecule has 0 heterocycles. The Morgan fingerprint density at radius 3 is 2.17 bits per heavy atom. The Morgan fingerprint density at radius 2 is 1.42 bits per heavy atom. The fourth-order valence-electron chi connectivity index (χ4n) is 5.79. The van der Waals surface area contributed by atoms with Gasteiger partial charge in [-0.05, 0) is 91.1 Å². The maximum absolute atomic E-state index is 15.5. The van der Waals surface area contributed by atoms with Crippen molar-refractivity contribution >= 4 is 10.8 Å². The molecule has 0 spiro atoms. The van der Waals surface area contributed by atoms with E-state index in [2.05, 4.69) is 56.0 Å². The van der Waals surface area contributed by atoms with E-state index in [1.165, 1.54) is 69.8 Å². The van der Waals surface area contributed by atoms with Crippen molar-refractivity contribution in [2.24, 2.45) is 5.92 Å². The van der Waals surface area contributed by atoms with Gasteiger partial charge in [0.05, 0.1) is 0 Å². The molecule has 1 aliphatic rings. The van der Waals surface area contributed by atoms with Gasteiger partial charge in [-0.15, -0.1) is 0 Å². The molecule has 0 saturated heterocycles. The smallest absolute Gasteiger partial charge is 0.134 e. The molecule has 3 aromatic carbocycles. The zero-order chi connectivity index (χ0) is 25.2. The van der Waals surface area contributed by atoms with E-state index in [1.54, 1.807) is 0 Å². The van der Waals surface area contributed by atoms with Crippen LogP contribution in [-0.2, 0) is 6.42 Å². The van der Waals surface area contributed by atoms with Crippen LogP contribution in [0.2, 0.25) is 0 Å². The summed E-state index contributed by atoms with van der Waals surface area (Å²) in [4.78, 5) is 0. The highest BCUT2D eigenvalue weighted by atomic mass is 19.1. The molecule has 1 aliphatic carbocycles. The number of unbranched alkanes of at least 4 members (excludes halogenated alkanes) is 5. The van der Waals surface area contributed by atoms with Gasteiger partial charge in [-0.3, -0.25) is 0 Å². The van der Waals surface area contributed by atoms with Gasteiger partial charge in [0.2, 0.25) is 0 Å². The van der Waals surface area contributed by atoms with Crippen LogP contribution in [0.4, 0.5) is 4.39 Å². The van der Waals surface area contributed by atoms with E-state index >= 15 is 4.39 Å². The average Bonchev–Trinajstić information content (AvgIpc) is 2.92. The summed E-state index contributed by atoms with van der Waals surface area (Å²) >= 11 is 0. The van der Waals surface area contributed by atoms with E-state index in [0.29, 0.717) is 5.92 Å². The number of aryl methyl sites for hydroxylation is 1. The van der Waals surface area contributed by atoms with Crippen molar-refractivity contribution in [1.82, 2.24) is 0 Å². The molecule has 0 N–H and O–H groups in total. The molecule has 0 amide bonds. The highest BCUT2D eigenvalue weighted by Gasteiger charge is 2.24. The third kappa shape index (κ3) is 7.22. The first-order valence-corrected chi connectivity index (χ1v) is 14.5. The van der Waals surface area contributed by atoms with Gasteiger partial charge in [0, 0.05) is 16.5 Å². The molecule has 0 nitrogen and oxygen atoms in total. The fourth-order valence-corrected chi connectivity index (χ4v) is 5.79. The van der Waals surface area contributed by atoms with Gasteiger partial charge in [-0.2, -0.15) is 0 Å². The van der Waals surface area contributed by atoms with E-state index in [4.69, 9.17) is 0 Å². The minimum atomic E-state index is -0.0192. The highest BCUT2D eigenvalue weighted by Crippen LogP contribution is 2.40. The van der Waals surface area contributed by atoms with Crippen LogP contribution in [0, 0.1) is 23.6 Å². The standard InChI is InChI=1S/C35H43F/c1-3-5-7-8-9-11-28-12-14-29(15-13-28)16-17-30-20-24-34-32(26-30)23-25-33(35(34)36)31-21-18-27(19-22-31)10-6-4-2/h12-15,20,23-27,31H,3-11,18-19,21-22H2,1-2H3. The Bertz CT molecular complexity index is 1150. The molecule has 0 aromatic heterocycles. The Morgan fingerprint density at radius 1 is 0.722 bits per heavy atom. The number of hydrogen-bond donors (Lipinski definition) is 0. The lowest BCUT2D eigenvalue weighted by Crippen LogP contribution is -2.14. The highest BCUT2D eigenvalue weighted by molar-refractivity contribution is 5.85. The van der Waals surface area contributed by atoms with Gasteiger partial charge in [-0.1, -0.05) is 101 Å². The molecular formula is C35H43F. The third-order valence-corrected chi connectivity index (χ3v) is 8.11. The summed E-state index contributed by atoms with van der Waals surface area (Å²) in [7, 11) is 0. The van der Waals surface area contributed by atoms with Crippen LogP contribution >= 0.6 is 0 Å². The lowest BCUT2D eigenvalue weighted by molar-refractivity contribution is 0.301. The summed E-state index contributed by atoms with van der Waals surface area (Å²) in [5.74, 6) is 7.77. The minimum absolute atomic E-state index is 0.0192. The minimum Gasteiger partial charge on any atom is -0.206 e. The van der Waals surface area contributed by atoms with E-state index in [1.807, 2.05) is 24.3 Å². The largest absolute Gasteiger partial charge is 0.206 e. The third-order valence-electron chi connectivity index (χ3n) is 8.11. The normalized spacial score (nSPS) is 17.6. The summed E-state index contributed by atoms with van der Waals surface area (Å²) in [6.07, 6.45) is 16.4. The molecule has 0 radical (unpaired) electrons. The van der Waals surface area contributed by atoms with Crippen LogP contribution in [0.1, 0.15) is 119 Å². The predicted octanol–water partition coefficient (Wildman–Crippen LogP) is 10.4. The van der Waals surface area contributed by atoms with Gasteiger partial charge in [0.15, 0.2) is 0 Å². The topological polar surface area (TPSA) is 0 Å². The van der Waals surface area contributed by atoms with E-state index in [0.717, 1.165) is 52.6 Å². The lowest BCUT2D eigenvalue weighted by Gasteiger charge is -2.29. The average molecular weight is 483 g/mol. The second kappa shape index (κ2) is 13.6. The molecular weight excluding hydrogens is 439 g/mol. The quantitative estimate of drug-likeness (QED) is 0.199. The molecule has 0 bridgehead atoms. The molecule has 0 atom stereocenters. The van der Waals surface area contributed by atoms with E-state index < -0.39 is 0 Å². The van der Waals surface area contributed by atoms with Crippen LogP contribution in [-0.4, -0.2) is 0 Å². The Kier molecular flexibility index (Phi) is 10.0. The molecule has 0 unspecified atom stereocenters. The zero-order valence-electron chi connectivity index (χ0n) is 22.4. The number of fused-ring (bicyclic) bond motifs is 1. The van der Waals surface area contributed by atoms with Crippen LogP contribution < -0.4 is 0 Å². The van der Waals surface area contributed by atoms with Crippen molar-refractivity contribution in [3.05, 3.63) is 82.7 Å². The van der Waals surface area contributed by atoms with Crippen molar-refractivity contribution in [3.63, 3.8) is 0 Å². The van der Waals surface area contributed by atoms with Crippen LogP contribution in [0.3, 0.4) is 0 Å². The summed E-state index contributed by atoms with van der Waals surface area (Å²) in [5.41, 5.74) is 4.27. The second-order valence-electron chi connectivity index (χ2n) is 10.9. The first-order chi connectivity index (χ1) is 17.7. The van der Waals surface area contributed by atoms with Crippen molar-refractivity contribution in [1.29, 1.82) is 0 Å². The second-order valence-corrected chi connectivity index (χ2v) is 10.9. The Balaban J connectivity index is 1.38. The van der Waals surface area contributed by atoms with Crippen molar-refractivity contribution in [3.8, 4) is 11.8 Å². The monoisotopic (exact) mass is 482 g/mol. The zero-order valence-corrected chi connectivity index (χ0v) is 22.4. The molecule has 190 valence electrons. The van der Waals surface area contributed by atoms with Crippen molar-refractivity contribution in [2.75, 3.05) is 0 Å². The number of rotatable bonds is 10. The molecule has 1 heteroatoms. The Labute approximate surface area is 218 Å². The van der Waals surface area contributed by atoms with Crippen LogP contribution in [0.5, 0.6) is 0 Å². The molecule has 1 fully saturated rings. The summed E-state index contributed by atoms with van der Waals surface area (Å²) in [6.45, 7) is 4.52. The van der Waals surface area contributed by atoms with E-state index in [-0.39, 0.29) is 5.82 Å². The van der Waals surface area contributed by atoms with Crippen LogP contribution in [0.15, 0.2) is 54.6 Å². The fraction of sp³-hybridized carbons (Fsp3) is 0.486. The molecule has 1 saturated carbocycles. The van der Waals surface area contributed by atoms with Crippen molar-refractivity contribution < 1.29 is 4.39 Å². The van der Waals surface area contributed by atoms with Gasteiger partial charge in [0.25, 0.3) is 0 Å². The van der Waals surface area contributed by atoms with Crippen LogP contribution in [0.25, 0.3) is 10.8 Å². The molecule has 4 rings (SSSR count). The van der Waals surface area contributed by atoms with Gasteiger partial charge in [0.1, 0.15) is 5.82 Å². The number of benzene rings is 3. The van der Waals surface area contributed by atoms with Gasteiger partial charge in [-0.25, -0.2) is 4.39 Å². The van der Waals surface area contributed by atoms with Gasteiger partial charge < -0.3 is 0 Å². The molecule has 0 aliphatic heterocycles. The maximum Gasteiger partial charge on any atom is 0.134 e.